The molecule has 0 amide bonds. The molecule has 4 rings (SSSR count). The van der Waals surface area contributed by atoms with E-state index in [9.17, 15) is 9.59 Å². The van der Waals surface area contributed by atoms with Gasteiger partial charge in [0.2, 0.25) is 0 Å². The van der Waals surface area contributed by atoms with Crippen LogP contribution in [0, 0.1) is 5.92 Å². The van der Waals surface area contributed by atoms with Crippen LogP contribution in [0.3, 0.4) is 0 Å². The molecule has 0 N–H and O–H groups in total. The molecule has 7 heteroatoms. The molecule has 28 heavy (non-hydrogen) atoms. The zero-order valence-corrected chi connectivity index (χ0v) is 17.0. The van der Waals surface area contributed by atoms with Crippen molar-refractivity contribution in [2.45, 2.75) is 32.7 Å². The highest BCUT2D eigenvalue weighted by Crippen LogP contribution is 2.35. The van der Waals surface area contributed by atoms with Crippen LogP contribution in [0.2, 0.25) is 0 Å². The normalized spacial score (nSPS) is 16.0. The summed E-state index contributed by atoms with van der Waals surface area (Å²) in [5, 5.41) is 0.680. The Morgan fingerprint density at radius 1 is 1.32 bits per heavy atom. The number of carbonyl (C=O) groups excluding carboxylic acids is 1. The highest BCUT2D eigenvalue weighted by molar-refractivity contribution is 7.18. The number of methoxy groups -OCH3 is 2. The minimum atomic E-state index is -0.225. The Bertz CT molecular complexity index is 1120. The number of Topliss-reactive ketones (excluding diaryl/α,β-unsaturated/α-hetero) is 1. The Balaban J connectivity index is 1.72. The zero-order valence-electron chi connectivity index (χ0n) is 16.2. The lowest BCUT2D eigenvalue weighted by Gasteiger charge is -2.17. The lowest BCUT2D eigenvalue weighted by molar-refractivity contribution is 0.0967. The maximum atomic E-state index is 13.1. The number of rotatable bonds is 5. The van der Waals surface area contributed by atoms with Crippen molar-refractivity contribution >= 4 is 27.3 Å². The monoisotopic (exact) mass is 398 g/mol. The Kier molecular flexibility index (Phi) is 4.93. The van der Waals surface area contributed by atoms with Crippen molar-refractivity contribution in [3.05, 3.63) is 50.9 Å². The van der Waals surface area contributed by atoms with Crippen molar-refractivity contribution in [1.82, 2.24) is 9.55 Å². The van der Waals surface area contributed by atoms with Gasteiger partial charge in [-0.3, -0.25) is 14.2 Å². The van der Waals surface area contributed by atoms with Gasteiger partial charge in [0.15, 0.2) is 5.78 Å². The third kappa shape index (κ3) is 3.20. The fraction of sp³-hybridized carbons (Fsp3) is 0.381. The maximum absolute atomic E-state index is 13.1. The van der Waals surface area contributed by atoms with Crippen molar-refractivity contribution in [2.75, 3.05) is 14.2 Å². The van der Waals surface area contributed by atoms with Gasteiger partial charge in [0.25, 0.3) is 5.56 Å². The molecule has 2 heterocycles. The van der Waals surface area contributed by atoms with Crippen molar-refractivity contribution in [3.63, 3.8) is 0 Å². The van der Waals surface area contributed by atoms with Gasteiger partial charge < -0.3 is 9.47 Å². The second-order valence-corrected chi connectivity index (χ2v) is 8.28. The molecular formula is C21H22N2O4S. The summed E-state index contributed by atoms with van der Waals surface area (Å²) in [5.74, 6) is 1.42. The minimum absolute atomic E-state index is 0.0909. The maximum Gasteiger partial charge on any atom is 0.262 e. The van der Waals surface area contributed by atoms with Gasteiger partial charge in [0.05, 0.1) is 38.0 Å². The van der Waals surface area contributed by atoms with E-state index in [-0.39, 0.29) is 17.9 Å². The summed E-state index contributed by atoms with van der Waals surface area (Å²) < 4.78 is 11.9. The van der Waals surface area contributed by atoms with Gasteiger partial charge in [-0.05, 0) is 48.9 Å². The molecule has 3 aromatic rings. The van der Waals surface area contributed by atoms with E-state index in [1.54, 1.807) is 36.6 Å². The van der Waals surface area contributed by atoms with E-state index in [0.29, 0.717) is 28.4 Å². The van der Waals surface area contributed by atoms with Crippen LogP contribution in [0.15, 0.2) is 29.3 Å². The van der Waals surface area contributed by atoms with Gasteiger partial charge in [-0.1, -0.05) is 6.92 Å². The van der Waals surface area contributed by atoms with Crippen LogP contribution in [0.4, 0.5) is 0 Å². The van der Waals surface area contributed by atoms with Gasteiger partial charge in [-0.2, -0.15) is 0 Å². The third-order valence-corrected chi connectivity index (χ3v) is 6.47. The first-order chi connectivity index (χ1) is 13.5. The van der Waals surface area contributed by atoms with Crippen molar-refractivity contribution in [2.24, 2.45) is 5.92 Å². The highest BCUT2D eigenvalue weighted by atomic mass is 32.1. The summed E-state index contributed by atoms with van der Waals surface area (Å²) in [6.45, 7) is 2.14. The van der Waals surface area contributed by atoms with E-state index >= 15 is 0 Å². The minimum Gasteiger partial charge on any atom is -0.497 e. The van der Waals surface area contributed by atoms with E-state index in [1.165, 1.54) is 22.9 Å². The van der Waals surface area contributed by atoms with Crippen LogP contribution in [-0.4, -0.2) is 29.6 Å². The molecule has 1 aliphatic rings. The molecule has 0 bridgehead atoms. The van der Waals surface area contributed by atoms with Crippen LogP contribution in [0.25, 0.3) is 10.2 Å². The number of hydrogen-bond donors (Lipinski definition) is 0. The van der Waals surface area contributed by atoms with Gasteiger partial charge in [-0.25, -0.2) is 4.98 Å². The molecule has 0 spiro atoms. The van der Waals surface area contributed by atoms with Gasteiger partial charge in [0, 0.05) is 4.88 Å². The number of ether oxygens (including phenoxy) is 2. The Labute approximate surface area is 166 Å². The molecule has 0 saturated carbocycles. The van der Waals surface area contributed by atoms with Gasteiger partial charge in [0.1, 0.15) is 16.3 Å². The molecule has 0 fully saturated rings. The first-order valence-electron chi connectivity index (χ1n) is 9.26. The van der Waals surface area contributed by atoms with Crippen molar-refractivity contribution in [3.8, 4) is 11.5 Å². The smallest absolute Gasteiger partial charge is 0.262 e. The fourth-order valence-electron chi connectivity index (χ4n) is 3.75. The van der Waals surface area contributed by atoms with E-state index in [1.807, 2.05) is 0 Å². The van der Waals surface area contributed by atoms with Gasteiger partial charge in [-0.15, -0.1) is 11.3 Å². The molecule has 1 aliphatic carbocycles. The highest BCUT2D eigenvalue weighted by Gasteiger charge is 2.24. The van der Waals surface area contributed by atoms with Crippen molar-refractivity contribution < 1.29 is 14.3 Å². The largest absolute Gasteiger partial charge is 0.497 e. The van der Waals surface area contributed by atoms with Crippen LogP contribution in [0.1, 0.15) is 34.1 Å². The molecule has 0 aliphatic heterocycles. The first kappa shape index (κ1) is 18.7. The number of thiophene rings is 1. The number of fused-ring (bicyclic) bond motifs is 3. The number of aryl methyl sites for hydroxylation is 1. The number of benzene rings is 1. The quantitative estimate of drug-likeness (QED) is 0.616. The van der Waals surface area contributed by atoms with Crippen LogP contribution >= 0.6 is 11.3 Å². The number of hydrogen-bond acceptors (Lipinski definition) is 6. The molecule has 0 radical (unpaired) electrons. The Hall–Kier alpha value is -2.67. The number of ketones is 1. The molecule has 146 valence electrons. The first-order valence-corrected chi connectivity index (χ1v) is 10.1. The molecule has 0 saturated heterocycles. The fourth-order valence-corrected chi connectivity index (χ4v) is 5.09. The average molecular weight is 398 g/mol. The summed E-state index contributed by atoms with van der Waals surface area (Å²) in [4.78, 5) is 32.5. The van der Waals surface area contributed by atoms with E-state index < -0.39 is 0 Å². The van der Waals surface area contributed by atoms with Crippen LogP contribution in [0.5, 0.6) is 11.5 Å². The Morgan fingerprint density at radius 2 is 2.14 bits per heavy atom. The average Bonchev–Trinajstić information content (AvgIpc) is 3.07. The second-order valence-electron chi connectivity index (χ2n) is 7.20. The molecular weight excluding hydrogens is 376 g/mol. The van der Waals surface area contributed by atoms with Gasteiger partial charge >= 0.3 is 0 Å². The molecule has 1 aromatic carbocycles. The molecule has 1 atom stereocenters. The summed E-state index contributed by atoms with van der Waals surface area (Å²) >= 11 is 1.61. The lowest BCUT2D eigenvalue weighted by atomic mass is 9.89. The predicted octanol–water partition coefficient (Wildman–Crippen LogP) is 3.48. The predicted molar refractivity (Wildman–Crippen MR) is 109 cm³/mol. The Morgan fingerprint density at radius 3 is 2.89 bits per heavy atom. The lowest BCUT2D eigenvalue weighted by Crippen LogP contribution is -2.25. The van der Waals surface area contributed by atoms with E-state index in [2.05, 4.69) is 11.9 Å². The second kappa shape index (κ2) is 7.39. The third-order valence-electron chi connectivity index (χ3n) is 5.30. The molecule has 0 unspecified atom stereocenters. The number of nitrogens with zero attached hydrogens (tertiary/aromatic N) is 2. The topological polar surface area (TPSA) is 70.4 Å². The molecule has 6 nitrogen and oxygen atoms in total. The summed E-state index contributed by atoms with van der Waals surface area (Å²) in [5.41, 5.74) is 1.36. The van der Waals surface area contributed by atoms with Crippen LogP contribution in [-0.2, 0) is 19.4 Å². The van der Waals surface area contributed by atoms with E-state index in [0.717, 1.165) is 29.7 Å². The standard InChI is InChI=1S/C21H22N2O4S/c1-12-4-6-14-18(8-12)28-20-19(14)21(25)23(11-22-20)10-16(24)15-9-13(26-2)5-7-17(15)27-3/h5,7,9,11-12H,4,6,8,10H2,1-3H3/t12-/m0/s1. The zero-order chi connectivity index (χ0) is 19.8. The number of carbonyl (C=O) groups is 1. The summed E-state index contributed by atoms with van der Waals surface area (Å²) in [6.07, 6.45) is 4.44. The summed E-state index contributed by atoms with van der Waals surface area (Å²) in [7, 11) is 3.05. The number of aromatic nitrogens is 2. The summed E-state index contributed by atoms with van der Waals surface area (Å²) in [6, 6.07) is 5.05. The van der Waals surface area contributed by atoms with Crippen LogP contribution < -0.4 is 15.0 Å². The SMILES string of the molecule is COc1ccc(OC)c(C(=O)Cn2cnc3sc4c(c3c2=O)CC[C@H](C)C4)c1. The van der Waals surface area contributed by atoms with Crippen molar-refractivity contribution in [1.29, 1.82) is 0 Å². The molecule has 2 aromatic heterocycles. The van der Waals surface area contributed by atoms with E-state index in [4.69, 9.17) is 9.47 Å².